The summed E-state index contributed by atoms with van der Waals surface area (Å²) >= 11 is 0. The molecule has 8 rings (SSSR count). The highest BCUT2D eigenvalue weighted by atomic mass is 14.9. The summed E-state index contributed by atoms with van der Waals surface area (Å²) < 4.78 is 0. The molecule has 52 heavy (non-hydrogen) atoms. The van der Waals surface area contributed by atoms with Crippen LogP contribution in [0.1, 0.15) is 79.5 Å². The van der Waals surface area contributed by atoms with Crippen molar-refractivity contribution >= 4 is 39.2 Å². The molecule has 1 aliphatic carbocycles. The SMILES string of the molecule is CC1=Cc2c(c3cc(C)ccc3c3cc(-c4ccc(-c5ccccc5C(N=C(C)c5ccncc5)=N[C@@H](C)c5ccncc5)cc4)ccc23)C(C)C1. The van der Waals surface area contributed by atoms with Crippen molar-refractivity contribution in [2.75, 3.05) is 0 Å². The Morgan fingerprint density at radius 3 is 2.13 bits per heavy atom. The molecule has 0 saturated carbocycles. The van der Waals surface area contributed by atoms with Crippen LogP contribution in [0.15, 0.2) is 150 Å². The number of aliphatic imine (C=N–C) groups is 2. The fraction of sp³-hybridized carbons (Fsp3) is 0.167. The van der Waals surface area contributed by atoms with E-state index in [1.165, 1.54) is 54.9 Å². The van der Waals surface area contributed by atoms with E-state index in [1.807, 2.05) is 43.6 Å². The minimum Gasteiger partial charge on any atom is -0.265 e. The van der Waals surface area contributed by atoms with Crippen molar-refractivity contribution in [1.82, 2.24) is 9.97 Å². The standard InChI is InChI=1S/C48H42N4/c1-30-10-16-41-44-29-39(15-17-42(44)46-28-31(2)26-32(3)47(46)45(41)27-30)37-11-13-38(14-12-37)40-8-6-7-9-43(40)48(51-33(4)35-18-22-49-23-19-35)52-34(5)36-20-24-50-25-21-36/h6-25,27-29,32-33H,26H2,1-5H3/t32?,33-/m0/s1. The Bertz CT molecular complexity index is 2530. The van der Waals surface area contributed by atoms with Crippen LogP contribution in [0.4, 0.5) is 0 Å². The maximum absolute atomic E-state index is 5.21. The lowest BCUT2D eigenvalue weighted by atomic mass is 9.78. The smallest absolute Gasteiger partial charge is 0.156 e. The predicted octanol–water partition coefficient (Wildman–Crippen LogP) is 12.4. The summed E-state index contributed by atoms with van der Waals surface area (Å²) in [6.45, 7) is 11.0. The van der Waals surface area contributed by atoms with Crippen molar-refractivity contribution in [3.63, 3.8) is 0 Å². The Morgan fingerprint density at radius 2 is 1.37 bits per heavy atom. The number of pyridine rings is 2. The molecular weight excluding hydrogens is 633 g/mol. The molecular formula is C48H42N4. The van der Waals surface area contributed by atoms with E-state index in [-0.39, 0.29) is 6.04 Å². The average Bonchev–Trinajstić information content (AvgIpc) is 3.18. The molecule has 2 heterocycles. The minimum absolute atomic E-state index is 0.108. The van der Waals surface area contributed by atoms with Crippen LogP contribution < -0.4 is 0 Å². The highest BCUT2D eigenvalue weighted by Gasteiger charge is 2.22. The molecule has 1 unspecified atom stereocenters. The predicted molar refractivity (Wildman–Crippen MR) is 219 cm³/mol. The van der Waals surface area contributed by atoms with Crippen LogP contribution in [-0.4, -0.2) is 21.5 Å². The molecule has 0 bridgehead atoms. The van der Waals surface area contributed by atoms with Gasteiger partial charge in [-0.2, -0.15) is 0 Å². The molecule has 0 N–H and O–H groups in total. The number of aryl methyl sites for hydroxylation is 1. The monoisotopic (exact) mass is 674 g/mol. The summed E-state index contributed by atoms with van der Waals surface area (Å²) in [7, 11) is 0. The lowest BCUT2D eigenvalue weighted by Crippen LogP contribution is -2.07. The highest BCUT2D eigenvalue weighted by molar-refractivity contribution is 6.15. The van der Waals surface area contributed by atoms with Gasteiger partial charge in [0.2, 0.25) is 0 Å². The number of nitrogens with zero attached hydrogens (tertiary/aromatic N) is 4. The molecule has 4 heteroatoms. The Labute approximate surface area is 306 Å². The molecule has 0 amide bonds. The highest BCUT2D eigenvalue weighted by Crippen LogP contribution is 2.44. The van der Waals surface area contributed by atoms with Crippen molar-refractivity contribution in [3.05, 3.63) is 173 Å². The molecule has 2 atom stereocenters. The van der Waals surface area contributed by atoms with E-state index in [4.69, 9.17) is 9.98 Å². The number of aromatic nitrogens is 2. The van der Waals surface area contributed by atoms with Gasteiger partial charge >= 0.3 is 0 Å². The summed E-state index contributed by atoms with van der Waals surface area (Å²) in [6.07, 6.45) is 10.8. The van der Waals surface area contributed by atoms with Crippen molar-refractivity contribution in [1.29, 1.82) is 0 Å². The van der Waals surface area contributed by atoms with Gasteiger partial charge in [-0.05, 0) is 136 Å². The third-order valence-electron chi connectivity index (χ3n) is 10.4. The third-order valence-corrected chi connectivity index (χ3v) is 10.4. The number of allylic oxidation sites excluding steroid dienone is 1. The van der Waals surface area contributed by atoms with Crippen LogP contribution in [0, 0.1) is 6.92 Å². The maximum atomic E-state index is 5.21. The van der Waals surface area contributed by atoms with Crippen LogP contribution in [0.25, 0.3) is 49.9 Å². The molecule has 254 valence electrons. The number of amidine groups is 1. The van der Waals surface area contributed by atoms with Gasteiger partial charge < -0.3 is 0 Å². The molecule has 4 nitrogen and oxygen atoms in total. The topological polar surface area (TPSA) is 50.5 Å². The third kappa shape index (κ3) is 6.37. The number of benzene rings is 5. The van der Waals surface area contributed by atoms with E-state index in [9.17, 15) is 0 Å². The Morgan fingerprint density at radius 1 is 0.692 bits per heavy atom. The minimum atomic E-state index is -0.108. The van der Waals surface area contributed by atoms with Gasteiger partial charge in [0.05, 0.1) is 6.04 Å². The van der Waals surface area contributed by atoms with Crippen molar-refractivity contribution in [3.8, 4) is 22.3 Å². The van der Waals surface area contributed by atoms with Crippen LogP contribution in [0.5, 0.6) is 0 Å². The molecule has 1 aliphatic rings. The summed E-state index contributed by atoms with van der Waals surface area (Å²) in [5, 5.41) is 5.37. The van der Waals surface area contributed by atoms with Crippen molar-refractivity contribution in [2.24, 2.45) is 9.98 Å². The Hall–Kier alpha value is -6.00. The van der Waals surface area contributed by atoms with Crippen LogP contribution in [0.2, 0.25) is 0 Å². The van der Waals surface area contributed by atoms with Gasteiger partial charge in [0.1, 0.15) is 0 Å². The molecule has 7 aromatic rings. The number of hydrogen-bond acceptors (Lipinski definition) is 3. The number of rotatable bonds is 6. The van der Waals surface area contributed by atoms with Crippen LogP contribution in [-0.2, 0) is 0 Å². The van der Waals surface area contributed by atoms with Gasteiger partial charge in [-0.1, -0.05) is 103 Å². The molecule has 0 radical (unpaired) electrons. The van der Waals surface area contributed by atoms with E-state index < -0.39 is 0 Å². The summed E-state index contributed by atoms with van der Waals surface area (Å²) in [6, 6.07) is 39.2. The quantitative estimate of drug-likeness (QED) is 0.100. The first-order valence-electron chi connectivity index (χ1n) is 18.1. The van der Waals surface area contributed by atoms with E-state index >= 15 is 0 Å². The van der Waals surface area contributed by atoms with Gasteiger partial charge in [-0.25, -0.2) is 4.99 Å². The summed E-state index contributed by atoms with van der Waals surface area (Å²) in [4.78, 5) is 18.8. The zero-order valence-corrected chi connectivity index (χ0v) is 30.4. The first-order chi connectivity index (χ1) is 25.3. The lowest BCUT2D eigenvalue weighted by Gasteiger charge is -2.26. The van der Waals surface area contributed by atoms with Gasteiger partial charge in [0.15, 0.2) is 5.84 Å². The zero-order chi connectivity index (χ0) is 35.8. The van der Waals surface area contributed by atoms with E-state index in [1.54, 1.807) is 12.4 Å². The first-order valence-corrected chi connectivity index (χ1v) is 18.1. The average molecular weight is 675 g/mol. The lowest BCUT2D eigenvalue weighted by molar-refractivity contribution is 0.750. The van der Waals surface area contributed by atoms with Crippen LogP contribution in [0.3, 0.4) is 0 Å². The largest absolute Gasteiger partial charge is 0.265 e. The second kappa shape index (κ2) is 14.0. The van der Waals surface area contributed by atoms with E-state index in [0.29, 0.717) is 11.8 Å². The summed E-state index contributed by atoms with van der Waals surface area (Å²) in [5.74, 6) is 1.19. The number of hydrogen-bond donors (Lipinski definition) is 0. The van der Waals surface area contributed by atoms with Crippen molar-refractivity contribution in [2.45, 2.75) is 53.0 Å². The second-order valence-electron chi connectivity index (χ2n) is 14.2. The fourth-order valence-corrected chi connectivity index (χ4v) is 7.81. The molecule has 0 spiro atoms. The molecule has 5 aromatic carbocycles. The van der Waals surface area contributed by atoms with Gasteiger partial charge in [0, 0.05) is 36.1 Å². The second-order valence-corrected chi connectivity index (χ2v) is 14.2. The van der Waals surface area contributed by atoms with Crippen LogP contribution >= 0.6 is 0 Å². The molecule has 0 aliphatic heterocycles. The first kappa shape index (κ1) is 33.2. The van der Waals surface area contributed by atoms with Crippen molar-refractivity contribution < 1.29 is 0 Å². The maximum Gasteiger partial charge on any atom is 0.156 e. The van der Waals surface area contributed by atoms with E-state index in [2.05, 4.69) is 129 Å². The van der Waals surface area contributed by atoms with Gasteiger partial charge in [0.25, 0.3) is 0 Å². The zero-order valence-electron chi connectivity index (χ0n) is 30.4. The molecule has 2 aromatic heterocycles. The fourth-order valence-electron chi connectivity index (χ4n) is 7.81. The Balaban J connectivity index is 1.21. The van der Waals surface area contributed by atoms with E-state index in [0.717, 1.165) is 39.9 Å². The molecule has 0 fully saturated rings. The number of fused-ring (bicyclic) bond motifs is 6. The normalized spacial score (nSPS) is 15.4. The summed E-state index contributed by atoms with van der Waals surface area (Å²) in [5.41, 5.74) is 14.2. The van der Waals surface area contributed by atoms with Gasteiger partial charge in [-0.15, -0.1) is 0 Å². The molecule has 0 saturated heterocycles. The van der Waals surface area contributed by atoms with Gasteiger partial charge in [-0.3, -0.25) is 15.0 Å². The Kier molecular flexibility index (Phi) is 8.90.